The number of aliphatic carboxylic acids is 1. The molecule has 1 aromatic rings. The Bertz CT molecular complexity index is 426. The van der Waals surface area contributed by atoms with Crippen molar-refractivity contribution >= 4 is 11.9 Å². The predicted molar refractivity (Wildman–Crippen MR) is 74.1 cm³/mol. The molecule has 0 aromatic heterocycles. The fraction of sp³-hybridized carbons (Fsp3) is 0.467. The van der Waals surface area contributed by atoms with E-state index in [-0.39, 0.29) is 24.8 Å². The molecule has 19 heavy (non-hydrogen) atoms. The first-order valence-corrected chi connectivity index (χ1v) is 6.60. The molecule has 104 valence electrons. The first-order chi connectivity index (χ1) is 9.02. The third kappa shape index (κ3) is 5.55. The zero-order valence-corrected chi connectivity index (χ0v) is 11.5. The Kier molecular flexibility index (Phi) is 6.06. The van der Waals surface area contributed by atoms with Gasteiger partial charge in [0.05, 0.1) is 6.42 Å². The molecule has 0 bridgehead atoms. The third-order valence-corrected chi connectivity index (χ3v) is 3.11. The van der Waals surface area contributed by atoms with Crippen LogP contribution in [0.15, 0.2) is 24.3 Å². The standard InChI is InChI=1S/C15H21NO3/c1-3-12-4-6-13(7-5-12)11(2)10-14(17)16-9-8-15(18)19/h4-7,11H,3,8-10H2,1-2H3,(H,16,17)(H,18,19). The van der Waals surface area contributed by atoms with Crippen LogP contribution < -0.4 is 5.32 Å². The lowest BCUT2D eigenvalue weighted by Crippen LogP contribution is -2.26. The molecule has 0 aliphatic heterocycles. The highest BCUT2D eigenvalue weighted by molar-refractivity contribution is 5.77. The van der Waals surface area contributed by atoms with Crippen molar-refractivity contribution in [3.05, 3.63) is 35.4 Å². The molecule has 1 aromatic carbocycles. The summed E-state index contributed by atoms with van der Waals surface area (Å²) in [5, 5.41) is 11.1. The highest BCUT2D eigenvalue weighted by Gasteiger charge is 2.11. The second-order valence-corrected chi connectivity index (χ2v) is 4.69. The molecule has 0 aliphatic rings. The molecule has 1 amide bonds. The highest BCUT2D eigenvalue weighted by atomic mass is 16.4. The van der Waals surface area contributed by atoms with Crippen molar-refractivity contribution in [2.75, 3.05) is 6.54 Å². The monoisotopic (exact) mass is 263 g/mol. The van der Waals surface area contributed by atoms with Gasteiger partial charge in [-0.15, -0.1) is 0 Å². The minimum atomic E-state index is -0.900. The zero-order valence-electron chi connectivity index (χ0n) is 11.5. The first kappa shape index (κ1) is 15.2. The van der Waals surface area contributed by atoms with Crippen LogP contribution in [0, 0.1) is 0 Å². The first-order valence-electron chi connectivity index (χ1n) is 6.60. The van der Waals surface area contributed by atoms with Crippen LogP contribution in [0.25, 0.3) is 0 Å². The molecule has 1 rings (SSSR count). The zero-order chi connectivity index (χ0) is 14.3. The Morgan fingerprint density at radius 2 is 1.89 bits per heavy atom. The van der Waals surface area contributed by atoms with Gasteiger partial charge in [0.2, 0.25) is 5.91 Å². The number of rotatable bonds is 7. The van der Waals surface area contributed by atoms with E-state index < -0.39 is 5.97 Å². The molecule has 0 saturated heterocycles. The molecule has 4 nitrogen and oxygen atoms in total. The van der Waals surface area contributed by atoms with Gasteiger partial charge in [-0.3, -0.25) is 9.59 Å². The summed E-state index contributed by atoms with van der Waals surface area (Å²) in [5.74, 6) is -0.868. The number of benzene rings is 1. The van der Waals surface area contributed by atoms with Crippen molar-refractivity contribution in [1.82, 2.24) is 5.32 Å². The summed E-state index contributed by atoms with van der Waals surface area (Å²) >= 11 is 0. The maximum absolute atomic E-state index is 11.6. The van der Waals surface area contributed by atoms with Crippen molar-refractivity contribution < 1.29 is 14.7 Å². The molecule has 1 atom stereocenters. The van der Waals surface area contributed by atoms with E-state index in [0.717, 1.165) is 12.0 Å². The molecule has 2 N–H and O–H groups in total. The van der Waals surface area contributed by atoms with Crippen molar-refractivity contribution in [2.24, 2.45) is 0 Å². The van der Waals surface area contributed by atoms with Crippen LogP contribution >= 0.6 is 0 Å². The van der Waals surface area contributed by atoms with E-state index in [0.29, 0.717) is 6.42 Å². The molecule has 4 heteroatoms. The van der Waals surface area contributed by atoms with E-state index in [4.69, 9.17) is 5.11 Å². The Labute approximate surface area is 113 Å². The maximum Gasteiger partial charge on any atom is 0.305 e. The smallest absolute Gasteiger partial charge is 0.305 e. The van der Waals surface area contributed by atoms with Gasteiger partial charge in [-0.05, 0) is 23.5 Å². The summed E-state index contributed by atoms with van der Waals surface area (Å²) < 4.78 is 0. The fourth-order valence-corrected chi connectivity index (χ4v) is 1.86. The van der Waals surface area contributed by atoms with Crippen molar-refractivity contribution in [2.45, 2.75) is 39.0 Å². The minimum Gasteiger partial charge on any atom is -0.481 e. The van der Waals surface area contributed by atoms with Gasteiger partial charge >= 0.3 is 5.97 Å². The van der Waals surface area contributed by atoms with Gasteiger partial charge in [0.15, 0.2) is 0 Å². The van der Waals surface area contributed by atoms with E-state index in [2.05, 4.69) is 24.4 Å². The van der Waals surface area contributed by atoms with Gasteiger partial charge in [0, 0.05) is 13.0 Å². The lowest BCUT2D eigenvalue weighted by atomic mass is 9.96. The van der Waals surface area contributed by atoms with Gasteiger partial charge in [-0.1, -0.05) is 38.1 Å². The number of hydrogen-bond acceptors (Lipinski definition) is 2. The average molecular weight is 263 g/mol. The molecule has 0 spiro atoms. The van der Waals surface area contributed by atoms with Crippen molar-refractivity contribution in [3.63, 3.8) is 0 Å². The minimum absolute atomic E-state index is 0.0364. The van der Waals surface area contributed by atoms with E-state index in [1.807, 2.05) is 19.1 Å². The van der Waals surface area contributed by atoms with Crippen LogP contribution in [0.2, 0.25) is 0 Å². The molecular formula is C15H21NO3. The fourth-order valence-electron chi connectivity index (χ4n) is 1.86. The highest BCUT2D eigenvalue weighted by Crippen LogP contribution is 2.19. The van der Waals surface area contributed by atoms with Crippen LogP contribution in [0.1, 0.15) is 43.7 Å². The number of carbonyl (C=O) groups is 2. The summed E-state index contributed by atoms with van der Waals surface area (Å²) in [4.78, 5) is 22.0. The Morgan fingerprint density at radius 1 is 1.26 bits per heavy atom. The number of carboxylic acids is 1. The van der Waals surface area contributed by atoms with Crippen LogP contribution in [0.5, 0.6) is 0 Å². The molecule has 0 radical (unpaired) electrons. The average Bonchev–Trinajstić information content (AvgIpc) is 2.38. The summed E-state index contributed by atoms with van der Waals surface area (Å²) in [6, 6.07) is 8.25. The van der Waals surface area contributed by atoms with Gasteiger partial charge < -0.3 is 10.4 Å². The molecule has 0 saturated carbocycles. The van der Waals surface area contributed by atoms with Gasteiger partial charge in [0.1, 0.15) is 0 Å². The summed E-state index contributed by atoms with van der Waals surface area (Å²) in [5.41, 5.74) is 2.41. The molecule has 1 unspecified atom stereocenters. The Balaban J connectivity index is 2.42. The van der Waals surface area contributed by atoms with E-state index in [1.165, 1.54) is 5.56 Å². The number of carbonyl (C=O) groups excluding carboxylic acids is 1. The number of nitrogens with one attached hydrogen (secondary N) is 1. The van der Waals surface area contributed by atoms with Crippen molar-refractivity contribution in [1.29, 1.82) is 0 Å². The molecule has 0 fully saturated rings. The summed E-state index contributed by atoms with van der Waals surface area (Å²) in [6.45, 7) is 4.29. The van der Waals surface area contributed by atoms with Gasteiger partial charge in [-0.25, -0.2) is 0 Å². The second kappa shape index (κ2) is 7.56. The number of carboxylic acid groups (broad SMARTS) is 1. The topological polar surface area (TPSA) is 66.4 Å². The quantitative estimate of drug-likeness (QED) is 0.793. The van der Waals surface area contributed by atoms with Gasteiger partial charge in [-0.2, -0.15) is 0 Å². The second-order valence-electron chi connectivity index (χ2n) is 4.69. The van der Waals surface area contributed by atoms with E-state index >= 15 is 0 Å². The maximum atomic E-state index is 11.6. The van der Waals surface area contributed by atoms with Crippen LogP contribution in [0.4, 0.5) is 0 Å². The largest absolute Gasteiger partial charge is 0.481 e. The summed E-state index contributed by atoms with van der Waals surface area (Å²) in [7, 11) is 0. The predicted octanol–water partition coefficient (Wildman–Crippen LogP) is 2.33. The van der Waals surface area contributed by atoms with Crippen LogP contribution in [-0.4, -0.2) is 23.5 Å². The lowest BCUT2D eigenvalue weighted by Gasteiger charge is -2.12. The van der Waals surface area contributed by atoms with Gasteiger partial charge in [0.25, 0.3) is 0 Å². The molecular weight excluding hydrogens is 242 g/mol. The van der Waals surface area contributed by atoms with Crippen LogP contribution in [0.3, 0.4) is 0 Å². The number of aryl methyl sites for hydroxylation is 1. The molecule has 0 heterocycles. The third-order valence-electron chi connectivity index (χ3n) is 3.11. The summed E-state index contributed by atoms with van der Waals surface area (Å²) in [6.07, 6.45) is 1.35. The molecule has 0 aliphatic carbocycles. The SMILES string of the molecule is CCc1ccc(C(C)CC(=O)NCCC(=O)O)cc1. The van der Waals surface area contributed by atoms with E-state index in [9.17, 15) is 9.59 Å². The lowest BCUT2D eigenvalue weighted by molar-refractivity contribution is -0.136. The normalized spacial score (nSPS) is 11.9. The van der Waals surface area contributed by atoms with Crippen LogP contribution in [-0.2, 0) is 16.0 Å². The number of amides is 1. The van der Waals surface area contributed by atoms with E-state index in [1.54, 1.807) is 0 Å². The van der Waals surface area contributed by atoms with Crippen molar-refractivity contribution in [3.8, 4) is 0 Å². The Hall–Kier alpha value is -1.84. The Morgan fingerprint density at radius 3 is 2.42 bits per heavy atom. The number of hydrogen-bond donors (Lipinski definition) is 2.